The Morgan fingerprint density at radius 3 is 2.62 bits per heavy atom. The molecule has 0 aliphatic heterocycles. The van der Waals surface area contributed by atoms with Crippen LogP contribution in [0.25, 0.3) is 0 Å². The normalized spacial score (nSPS) is 9.94. The SMILES string of the molecule is CNC(=O)CCN(C)C(=O)CNCCOC. The van der Waals surface area contributed by atoms with Gasteiger partial charge in [0.1, 0.15) is 0 Å². The van der Waals surface area contributed by atoms with E-state index in [1.165, 1.54) is 4.90 Å². The Labute approximate surface area is 96.3 Å². The first-order valence-corrected chi connectivity index (χ1v) is 5.26. The fourth-order valence-electron chi connectivity index (χ4n) is 1.02. The van der Waals surface area contributed by atoms with Crippen molar-refractivity contribution >= 4 is 11.8 Å². The number of hydrogen-bond acceptors (Lipinski definition) is 4. The lowest BCUT2D eigenvalue weighted by Crippen LogP contribution is -2.38. The molecular formula is C10H21N3O3. The number of methoxy groups -OCH3 is 1. The van der Waals surface area contributed by atoms with E-state index in [0.29, 0.717) is 26.1 Å². The molecule has 6 nitrogen and oxygen atoms in total. The largest absolute Gasteiger partial charge is 0.383 e. The van der Waals surface area contributed by atoms with Crippen molar-refractivity contribution in [3.8, 4) is 0 Å². The van der Waals surface area contributed by atoms with Gasteiger partial charge in [0, 0.05) is 40.7 Å². The van der Waals surface area contributed by atoms with Crippen molar-refractivity contribution in [2.45, 2.75) is 6.42 Å². The number of likely N-dealkylation sites (N-methyl/N-ethyl adjacent to an activating group) is 1. The van der Waals surface area contributed by atoms with Crippen molar-refractivity contribution in [3.63, 3.8) is 0 Å². The molecule has 0 fully saturated rings. The van der Waals surface area contributed by atoms with Gasteiger partial charge in [-0.3, -0.25) is 9.59 Å². The molecule has 0 rings (SSSR count). The summed E-state index contributed by atoms with van der Waals surface area (Å²) in [7, 11) is 4.87. The van der Waals surface area contributed by atoms with Crippen LogP contribution < -0.4 is 10.6 Å². The van der Waals surface area contributed by atoms with Crippen LogP contribution in [-0.4, -0.2) is 64.2 Å². The molecule has 0 aromatic rings. The smallest absolute Gasteiger partial charge is 0.236 e. The number of rotatable bonds is 8. The maximum Gasteiger partial charge on any atom is 0.236 e. The second kappa shape index (κ2) is 9.11. The molecule has 0 aromatic carbocycles. The van der Waals surface area contributed by atoms with Gasteiger partial charge in [-0.25, -0.2) is 0 Å². The van der Waals surface area contributed by atoms with Crippen LogP contribution in [0.3, 0.4) is 0 Å². The van der Waals surface area contributed by atoms with Gasteiger partial charge in [-0.1, -0.05) is 0 Å². The van der Waals surface area contributed by atoms with E-state index in [0.717, 1.165) is 0 Å². The summed E-state index contributed by atoms with van der Waals surface area (Å²) in [6.07, 6.45) is 0.330. The van der Waals surface area contributed by atoms with Crippen molar-refractivity contribution in [1.82, 2.24) is 15.5 Å². The second-order valence-corrected chi connectivity index (χ2v) is 3.41. The van der Waals surface area contributed by atoms with Gasteiger partial charge in [-0.15, -0.1) is 0 Å². The third-order valence-electron chi connectivity index (χ3n) is 2.14. The van der Waals surface area contributed by atoms with Crippen LogP contribution in [0.1, 0.15) is 6.42 Å². The zero-order valence-electron chi connectivity index (χ0n) is 10.2. The molecule has 0 spiro atoms. The van der Waals surface area contributed by atoms with E-state index in [1.54, 1.807) is 21.2 Å². The zero-order valence-corrected chi connectivity index (χ0v) is 10.2. The molecule has 0 unspecified atom stereocenters. The Hall–Kier alpha value is -1.14. The highest BCUT2D eigenvalue weighted by molar-refractivity contribution is 5.79. The minimum Gasteiger partial charge on any atom is -0.383 e. The lowest BCUT2D eigenvalue weighted by molar-refractivity contribution is -0.129. The van der Waals surface area contributed by atoms with Crippen LogP contribution in [0.2, 0.25) is 0 Å². The Kier molecular flexibility index (Phi) is 8.46. The fraction of sp³-hybridized carbons (Fsp3) is 0.800. The van der Waals surface area contributed by atoms with E-state index in [4.69, 9.17) is 4.74 Å². The third kappa shape index (κ3) is 7.19. The molecule has 0 atom stereocenters. The molecule has 0 aromatic heterocycles. The van der Waals surface area contributed by atoms with Crippen molar-refractivity contribution in [3.05, 3.63) is 0 Å². The summed E-state index contributed by atoms with van der Waals surface area (Å²) in [6, 6.07) is 0. The number of nitrogens with zero attached hydrogens (tertiary/aromatic N) is 1. The van der Waals surface area contributed by atoms with Crippen molar-refractivity contribution < 1.29 is 14.3 Å². The van der Waals surface area contributed by atoms with E-state index >= 15 is 0 Å². The van der Waals surface area contributed by atoms with E-state index in [9.17, 15) is 9.59 Å². The quantitative estimate of drug-likeness (QED) is 0.516. The van der Waals surface area contributed by atoms with Crippen LogP contribution in [0.5, 0.6) is 0 Å². The average Bonchev–Trinajstić information content (AvgIpc) is 2.30. The number of amides is 2. The molecule has 16 heavy (non-hydrogen) atoms. The van der Waals surface area contributed by atoms with Crippen molar-refractivity contribution in [1.29, 1.82) is 0 Å². The predicted molar refractivity (Wildman–Crippen MR) is 61.1 cm³/mol. The molecule has 0 aliphatic carbocycles. The summed E-state index contributed by atoms with van der Waals surface area (Å²) in [6.45, 7) is 1.93. The Bertz CT molecular complexity index is 221. The lowest BCUT2D eigenvalue weighted by Gasteiger charge is -2.16. The zero-order chi connectivity index (χ0) is 12.4. The molecule has 0 bridgehead atoms. The highest BCUT2D eigenvalue weighted by Crippen LogP contribution is 1.88. The monoisotopic (exact) mass is 231 g/mol. The lowest BCUT2D eigenvalue weighted by atomic mass is 10.3. The van der Waals surface area contributed by atoms with Gasteiger partial charge < -0.3 is 20.3 Å². The molecule has 0 saturated heterocycles. The summed E-state index contributed by atoms with van der Waals surface area (Å²) in [5, 5.41) is 5.46. The number of carbonyl (C=O) groups excluding carboxylic acids is 2. The summed E-state index contributed by atoms with van der Waals surface area (Å²) in [5.41, 5.74) is 0. The molecule has 2 N–H and O–H groups in total. The van der Waals surface area contributed by atoms with Crippen molar-refractivity contribution in [2.75, 3.05) is 47.4 Å². The van der Waals surface area contributed by atoms with Crippen LogP contribution in [0, 0.1) is 0 Å². The summed E-state index contributed by atoms with van der Waals surface area (Å²) in [5.74, 6) is -0.0907. The minimum absolute atomic E-state index is 0.0278. The van der Waals surface area contributed by atoms with Gasteiger partial charge in [0.25, 0.3) is 0 Å². The topological polar surface area (TPSA) is 70.7 Å². The van der Waals surface area contributed by atoms with Gasteiger partial charge in [0.05, 0.1) is 13.2 Å². The Morgan fingerprint density at radius 2 is 2.06 bits per heavy atom. The van der Waals surface area contributed by atoms with E-state index in [-0.39, 0.29) is 18.4 Å². The van der Waals surface area contributed by atoms with Gasteiger partial charge in [-0.2, -0.15) is 0 Å². The molecule has 94 valence electrons. The maximum atomic E-state index is 11.5. The number of nitrogens with one attached hydrogen (secondary N) is 2. The van der Waals surface area contributed by atoms with Gasteiger partial charge in [-0.05, 0) is 0 Å². The molecule has 0 radical (unpaired) electrons. The second-order valence-electron chi connectivity index (χ2n) is 3.41. The van der Waals surface area contributed by atoms with E-state index in [2.05, 4.69) is 10.6 Å². The van der Waals surface area contributed by atoms with Crippen LogP contribution >= 0.6 is 0 Å². The van der Waals surface area contributed by atoms with Gasteiger partial charge in [0.2, 0.25) is 11.8 Å². The number of hydrogen-bond donors (Lipinski definition) is 2. The first-order valence-electron chi connectivity index (χ1n) is 5.26. The first-order chi connectivity index (χ1) is 7.61. The molecule has 0 aliphatic rings. The third-order valence-corrected chi connectivity index (χ3v) is 2.14. The molecule has 0 saturated carbocycles. The molecule has 0 heterocycles. The molecule has 2 amide bonds. The number of ether oxygens (including phenoxy) is 1. The first kappa shape index (κ1) is 14.9. The minimum atomic E-state index is -0.0630. The number of carbonyl (C=O) groups is 2. The summed E-state index contributed by atoms with van der Waals surface area (Å²) >= 11 is 0. The molecule has 6 heteroatoms. The standard InChI is InChI=1S/C10H21N3O3/c1-11-9(14)4-6-13(2)10(15)8-12-5-7-16-3/h12H,4-8H2,1-3H3,(H,11,14). The predicted octanol–water partition coefficient (Wildman–Crippen LogP) is -1.18. The maximum absolute atomic E-state index is 11.5. The van der Waals surface area contributed by atoms with Crippen LogP contribution in [0.15, 0.2) is 0 Å². The van der Waals surface area contributed by atoms with Gasteiger partial charge >= 0.3 is 0 Å². The van der Waals surface area contributed by atoms with Crippen LogP contribution in [0.4, 0.5) is 0 Å². The Balaban J connectivity index is 3.61. The summed E-state index contributed by atoms with van der Waals surface area (Å²) in [4.78, 5) is 24.0. The van der Waals surface area contributed by atoms with Crippen molar-refractivity contribution in [2.24, 2.45) is 0 Å². The Morgan fingerprint density at radius 1 is 1.38 bits per heavy atom. The highest BCUT2D eigenvalue weighted by Gasteiger charge is 2.09. The molecular weight excluding hydrogens is 210 g/mol. The van der Waals surface area contributed by atoms with E-state index in [1.807, 2.05) is 0 Å². The van der Waals surface area contributed by atoms with Crippen LogP contribution in [-0.2, 0) is 14.3 Å². The average molecular weight is 231 g/mol. The van der Waals surface area contributed by atoms with Gasteiger partial charge in [0.15, 0.2) is 0 Å². The highest BCUT2D eigenvalue weighted by atomic mass is 16.5. The fourth-order valence-corrected chi connectivity index (χ4v) is 1.02. The van der Waals surface area contributed by atoms with E-state index < -0.39 is 0 Å². The summed E-state index contributed by atoms with van der Waals surface area (Å²) < 4.78 is 4.84.